The molecule has 0 bridgehead atoms. The van der Waals surface area contributed by atoms with Gasteiger partial charge in [-0.1, -0.05) is 39.3 Å². The molecule has 4 fully saturated rings. The summed E-state index contributed by atoms with van der Waals surface area (Å²) in [6, 6.07) is 0. The van der Waals surface area contributed by atoms with Crippen LogP contribution in [0.3, 0.4) is 0 Å². The fourth-order valence-corrected chi connectivity index (χ4v) is 11.9. The number of ether oxygens (including phenoxy) is 7. The molecule has 0 unspecified atom stereocenters. The number of hydrogen-bond acceptors (Lipinski definition) is 13. The van der Waals surface area contributed by atoms with E-state index in [4.69, 9.17) is 38.2 Å². The first kappa shape index (κ1) is 42.3. The SMILES string of the molecule is CC(=O)OC[C@H]1O[C@H](O[C@H]2CC[C@@]3(C)C(=CC[C@H]4[C@H]5C[C@@H](OC(C)=O)[C@H]([C@H](C)C6=NC[C@@H](C)CC6)[C@@]5(C)CC[C@H]43)C2)[C@H](OC(C)=O)[C@@H](OC(C)=O)[C@@H]1OC(C)=O. The van der Waals surface area contributed by atoms with Crippen LogP contribution in [-0.4, -0.2) is 91.6 Å². The number of carbonyl (C=O) groups is 5. The first-order valence-corrected chi connectivity index (χ1v) is 20.8. The van der Waals surface area contributed by atoms with Gasteiger partial charge in [-0.15, -0.1) is 0 Å². The van der Waals surface area contributed by atoms with Gasteiger partial charge in [0.25, 0.3) is 0 Å². The summed E-state index contributed by atoms with van der Waals surface area (Å²) in [6.07, 6.45) is 4.33. The molecule has 0 amide bonds. The van der Waals surface area contributed by atoms with Crippen LogP contribution in [0.25, 0.3) is 0 Å². The molecule has 2 aliphatic heterocycles. The number of fused-ring (bicyclic) bond motifs is 5. The molecule has 13 nitrogen and oxygen atoms in total. The molecule has 56 heavy (non-hydrogen) atoms. The predicted molar refractivity (Wildman–Crippen MR) is 203 cm³/mol. The maximum atomic E-state index is 12.5. The third-order valence-corrected chi connectivity index (χ3v) is 14.3. The fraction of sp³-hybridized carbons (Fsp3) is 0.814. The Morgan fingerprint density at radius 2 is 1.50 bits per heavy atom. The molecule has 0 radical (unpaired) electrons. The second-order valence-electron chi connectivity index (χ2n) is 18.0. The molecule has 4 aliphatic carbocycles. The first-order chi connectivity index (χ1) is 26.4. The highest BCUT2D eigenvalue weighted by Gasteiger charge is 2.63. The van der Waals surface area contributed by atoms with Gasteiger partial charge in [-0.25, -0.2) is 0 Å². The highest BCUT2D eigenvalue weighted by Crippen LogP contribution is 2.68. The lowest BCUT2D eigenvalue weighted by atomic mass is 9.47. The molecule has 15 atom stereocenters. The zero-order valence-electron chi connectivity index (χ0n) is 34.7. The van der Waals surface area contributed by atoms with Crippen molar-refractivity contribution in [1.29, 1.82) is 0 Å². The minimum absolute atomic E-state index is 0.0312. The van der Waals surface area contributed by atoms with Crippen molar-refractivity contribution in [2.45, 2.75) is 163 Å². The van der Waals surface area contributed by atoms with E-state index in [9.17, 15) is 24.0 Å². The largest absolute Gasteiger partial charge is 0.463 e. The number of hydrogen-bond donors (Lipinski definition) is 0. The fourth-order valence-electron chi connectivity index (χ4n) is 11.9. The van der Waals surface area contributed by atoms with E-state index in [1.54, 1.807) is 0 Å². The second kappa shape index (κ2) is 16.9. The minimum Gasteiger partial charge on any atom is -0.463 e. The quantitative estimate of drug-likeness (QED) is 0.143. The lowest BCUT2D eigenvalue weighted by Crippen LogP contribution is -2.63. The summed E-state index contributed by atoms with van der Waals surface area (Å²) in [4.78, 5) is 66.3. The van der Waals surface area contributed by atoms with E-state index in [2.05, 4.69) is 33.8 Å². The summed E-state index contributed by atoms with van der Waals surface area (Å²) in [6.45, 7) is 16.4. The van der Waals surface area contributed by atoms with Gasteiger partial charge in [-0.3, -0.25) is 29.0 Å². The lowest BCUT2D eigenvalue weighted by Gasteiger charge is -2.58. The molecular formula is C43H63NO12. The van der Waals surface area contributed by atoms with Crippen LogP contribution in [0.1, 0.15) is 120 Å². The van der Waals surface area contributed by atoms with Crippen LogP contribution < -0.4 is 0 Å². The molecule has 6 rings (SSSR count). The molecule has 3 saturated carbocycles. The number of rotatable bonds is 10. The number of allylic oxidation sites excluding steroid dienone is 1. The molecule has 0 aromatic rings. The van der Waals surface area contributed by atoms with Gasteiger partial charge in [0.05, 0.1) is 6.10 Å². The van der Waals surface area contributed by atoms with Crippen LogP contribution >= 0.6 is 0 Å². The topological polar surface area (TPSA) is 162 Å². The molecule has 0 N–H and O–H groups in total. The van der Waals surface area contributed by atoms with Gasteiger partial charge in [0.1, 0.15) is 18.8 Å². The summed E-state index contributed by atoms with van der Waals surface area (Å²) >= 11 is 0. The van der Waals surface area contributed by atoms with Crippen molar-refractivity contribution in [3.63, 3.8) is 0 Å². The number of nitrogens with zero attached hydrogens (tertiary/aromatic N) is 1. The van der Waals surface area contributed by atoms with Crippen molar-refractivity contribution in [3.8, 4) is 0 Å². The number of aliphatic imine (C=N–C) groups is 1. The Hall–Kier alpha value is -3.32. The van der Waals surface area contributed by atoms with Crippen molar-refractivity contribution >= 4 is 35.6 Å². The zero-order valence-corrected chi connectivity index (χ0v) is 34.7. The third-order valence-electron chi connectivity index (χ3n) is 14.3. The van der Waals surface area contributed by atoms with E-state index in [-0.39, 0.29) is 47.4 Å². The first-order valence-electron chi connectivity index (χ1n) is 20.8. The van der Waals surface area contributed by atoms with Crippen LogP contribution in [0.2, 0.25) is 0 Å². The molecular weight excluding hydrogens is 722 g/mol. The predicted octanol–water partition coefficient (Wildman–Crippen LogP) is 6.08. The van der Waals surface area contributed by atoms with Gasteiger partial charge in [0, 0.05) is 58.7 Å². The average molecular weight is 786 g/mol. The van der Waals surface area contributed by atoms with Crippen LogP contribution in [0.4, 0.5) is 0 Å². The van der Waals surface area contributed by atoms with Crippen LogP contribution in [0.15, 0.2) is 16.6 Å². The molecule has 0 aromatic heterocycles. The van der Waals surface area contributed by atoms with E-state index in [0.717, 1.165) is 51.5 Å². The highest BCUT2D eigenvalue weighted by molar-refractivity contribution is 5.87. The smallest absolute Gasteiger partial charge is 0.303 e. The molecule has 0 spiro atoms. The van der Waals surface area contributed by atoms with Crippen molar-refractivity contribution in [2.75, 3.05) is 13.2 Å². The Morgan fingerprint density at radius 3 is 2.12 bits per heavy atom. The number of carbonyl (C=O) groups excluding carboxylic acids is 5. The summed E-state index contributed by atoms with van der Waals surface area (Å²) < 4.78 is 41.2. The normalized spacial score (nSPS) is 40.9. The van der Waals surface area contributed by atoms with Crippen molar-refractivity contribution in [3.05, 3.63) is 11.6 Å². The van der Waals surface area contributed by atoms with Gasteiger partial charge in [-0.05, 0) is 92.3 Å². The van der Waals surface area contributed by atoms with Gasteiger partial charge in [0.2, 0.25) is 0 Å². The number of esters is 5. The second-order valence-corrected chi connectivity index (χ2v) is 18.0. The summed E-state index contributed by atoms with van der Waals surface area (Å²) in [5.41, 5.74) is 2.62. The van der Waals surface area contributed by atoms with E-state index in [1.165, 1.54) is 45.9 Å². The van der Waals surface area contributed by atoms with Gasteiger partial charge in [0.15, 0.2) is 24.6 Å². The highest BCUT2D eigenvalue weighted by atomic mass is 16.7. The van der Waals surface area contributed by atoms with Crippen molar-refractivity contribution in [1.82, 2.24) is 0 Å². The summed E-state index contributed by atoms with van der Waals surface area (Å²) in [7, 11) is 0. The van der Waals surface area contributed by atoms with E-state index >= 15 is 0 Å². The summed E-state index contributed by atoms with van der Waals surface area (Å²) in [5.74, 6) is -0.375. The molecule has 2 heterocycles. The Labute approximate surface area is 331 Å². The van der Waals surface area contributed by atoms with Crippen molar-refractivity contribution < 1.29 is 57.1 Å². The van der Waals surface area contributed by atoms with E-state index in [0.29, 0.717) is 36.5 Å². The van der Waals surface area contributed by atoms with Gasteiger partial charge >= 0.3 is 29.8 Å². The third kappa shape index (κ3) is 8.59. The maximum absolute atomic E-state index is 12.5. The summed E-state index contributed by atoms with van der Waals surface area (Å²) in [5, 5.41) is 0. The van der Waals surface area contributed by atoms with Gasteiger partial charge in [-0.2, -0.15) is 0 Å². The molecule has 13 heteroatoms. The van der Waals surface area contributed by atoms with E-state index < -0.39 is 54.6 Å². The lowest BCUT2D eigenvalue weighted by molar-refractivity contribution is -0.318. The Morgan fingerprint density at radius 1 is 0.839 bits per heavy atom. The monoisotopic (exact) mass is 785 g/mol. The maximum Gasteiger partial charge on any atom is 0.303 e. The molecule has 0 aromatic carbocycles. The Kier molecular flexibility index (Phi) is 12.7. The van der Waals surface area contributed by atoms with E-state index in [1.807, 2.05) is 0 Å². The average Bonchev–Trinajstić information content (AvgIpc) is 3.40. The Bertz CT molecular complexity index is 1590. The van der Waals surface area contributed by atoms with Gasteiger partial charge < -0.3 is 33.2 Å². The van der Waals surface area contributed by atoms with Crippen LogP contribution in [-0.2, 0) is 57.1 Å². The minimum atomic E-state index is -1.28. The van der Waals surface area contributed by atoms with Crippen LogP contribution in [0.5, 0.6) is 0 Å². The molecule has 312 valence electrons. The molecule has 6 aliphatic rings. The van der Waals surface area contributed by atoms with Crippen LogP contribution in [0, 0.1) is 46.3 Å². The Balaban J connectivity index is 1.23. The standard InChI is InChI=1S/C43H63NO12/c1-22-10-13-34(44-20-22)23(2)37-35(51-25(4)46)19-33-31-12-11-29-18-30(14-16-42(29,8)32(31)15-17-43(33,37)9)55-41-40(54-28(7)49)39(53-27(6)48)38(52-26(5)47)36(56-41)21-50-24(3)45/h11,22-23,30-33,35-41H,10,12-21H2,1-9H3/t22-,23+,30-,31+,32+,33+,35+,36+,37-,38+,39-,40+,41-,42-,43-/m0/s1. The van der Waals surface area contributed by atoms with Crippen molar-refractivity contribution in [2.24, 2.45) is 51.3 Å². The zero-order chi connectivity index (χ0) is 40.7. The molecule has 1 saturated heterocycles.